The van der Waals surface area contributed by atoms with Crippen LogP contribution in [0, 0.1) is 0 Å². The lowest BCUT2D eigenvalue weighted by Crippen LogP contribution is -2.27. The second-order valence-corrected chi connectivity index (χ2v) is 7.51. The van der Waals surface area contributed by atoms with Crippen LogP contribution in [-0.2, 0) is 29.0 Å². The number of thiol groups is 1. The summed E-state index contributed by atoms with van der Waals surface area (Å²) in [6.07, 6.45) is 4.84. The van der Waals surface area contributed by atoms with Crippen molar-refractivity contribution in [3.05, 3.63) is 36.1 Å². The fraction of sp³-hybridized carbons (Fsp3) is 0.444. The number of likely N-dealkylation sites (N-methyl/N-ethyl adjacent to an activating group) is 1. The third kappa shape index (κ3) is 10.1. The van der Waals surface area contributed by atoms with E-state index in [1.165, 1.54) is 38.0 Å². The molecule has 1 saturated heterocycles. The van der Waals surface area contributed by atoms with E-state index in [2.05, 4.69) is 33.0 Å². The smallest absolute Gasteiger partial charge is 0.253 e. The Balaban J connectivity index is 0.000000504. The van der Waals surface area contributed by atoms with Crippen LogP contribution >= 0.6 is 24.4 Å². The van der Waals surface area contributed by atoms with Gasteiger partial charge < -0.3 is 30.9 Å². The molecule has 2 heterocycles. The average molecular weight is 491 g/mol. The fourth-order valence-corrected chi connectivity index (χ4v) is 3.36. The summed E-state index contributed by atoms with van der Waals surface area (Å²) in [6, 6.07) is 0. The second-order valence-electron chi connectivity index (χ2n) is 6.00. The predicted molar refractivity (Wildman–Crippen MR) is 116 cm³/mol. The molecular formula is C18H26N4O8S2-2. The number of imide groups is 2. The van der Waals surface area contributed by atoms with E-state index in [0.29, 0.717) is 22.9 Å². The molecule has 2 rings (SSSR count). The summed E-state index contributed by atoms with van der Waals surface area (Å²) in [5.74, 6) is 0.0747. The van der Waals surface area contributed by atoms with Crippen molar-refractivity contribution in [2.24, 2.45) is 0 Å². The van der Waals surface area contributed by atoms with E-state index in [-0.39, 0.29) is 35.3 Å². The van der Waals surface area contributed by atoms with Gasteiger partial charge in [0.2, 0.25) is 11.8 Å². The Labute approximate surface area is 195 Å². The molecule has 2 aliphatic rings. The number of nitrogens with one attached hydrogen (secondary N) is 2. The summed E-state index contributed by atoms with van der Waals surface area (Å²) in [5.41, 5.74) is 1.25. The van der Waals surface area contributed by atoms with Gasteiger partial charge in [-0.3, -0.25) is 29.0 Å². The molecule has 0 aromatic rings. The predicted octanol–water partition coefficient (Wildman–Crippen LogP) is -2.36. The monoisotopic (exact) mass is 490 g/mol. The van der Waals surface area contributed by atoms with Gasteiger partial charge in [-0.15, -0.1) is 11.8 Å². The molecule has 0 aromatic heterocycles. The summed E-state index contributed by atoms with van der Waals surface area (Å²) >= 11 is 5.19. The molecule has 2 N–H and O–H groups in total. The Kier molecular flexibility index (Phi) is 14.7. The standard InChI is InChI=1S/C9H14N2O4S.C5H5NO2.C4H9NO2S/c1-10-6(4-15-14)5-16-7-3-8(12)11(2)9(7)13;1-6-4(7)2-3-5(6)8;1-5-4(3-8)2-7-6/h4,7,10,14H,3,5H2,1-2H3;2-3H,1H3;2,5-6,8H,3H2,1H3/p-2/b6-4-;;4-2-. The number of amides is 4. The normalized spacial score (nSPS) is 18.2. The van der Waals surface area contributed by atoms with Crippen LogP contribution in [0.3, 0.4) is 0 Å². The first-order valence-electron chi connectivity index (χ1n) is 9.00. The molecule has 0 aromatic carbocycles. The van der Waals surface area contributed by atoms with Gasteiger partial charge in [0.25, 0.3) is 11.8 Å². The third-order valence-corrected chi connectivity index (χ3v) is 5.59. The zero-order chi connectivity index (χ0) is 24.7. The molecule has 0 spiro atoms. The Morgan fingerprint density at radius 1 is 1.06 bits per heavy atom. The first-order chi connectivity index (χ1) is 15.2. The lowest BCUT2D eigenvalue weighted by atomic mass is 10.4. The number of carbonyl (C=O) groups excluding carboxylic acids is 4. The van der Waals surface area contributed by atoms with Crippen LogP contribution in [0.1, 0.15) is 6.42 Å². The maximum Gasteiger partial charge on any atom is 0.253 e. The van der Waals surface area contributed by atoms with Gasteiger partial charge in [0.05, 0.1) is 29.2 Å². The highest BCUT2D eigenvalue weighted by atomic mass is 32.2. The molecule has 12 nitrogen and oxygen atoms in total. The van der Waals surface area contributed by atoms with Crippen LogP contribution in [-0.4, -0.2) is 78.4 Å². The number of nitrogens with zero attached hydrogens (tertiary/aromatic N) is 2. The minimum Gasteiger partial charge on any atom is -0.664 e. The van der Waals surface area contributed by atoms with Gasteiger partial charge in [0.15, 0.2) is 0 Å². The first kappa shape index (κ1) is 29.3. The Morgan fingerprint density at radius 3 is 1.84 bits per heavy atom. The highest BCUT2D eigenvalue weighted by molar-refractivity contribution is 8.00. The lowest BCUT2D eigenvalue weighted by Gasteiger charge is -2.11. The van der Waals surface area contributed by atoms with Crippen LogP contribution in [0.25, 0.3) is 0 Å². The number of carbonyl (C=O) groups is 4. The first-order valence-corrected chi connectivity index (χ1v) is 10.7. The molecule has 1 atom stereocenters. The van der Waals surface area contributed by atoms with Gasteiger partial charge in [-0.1, -0.05) is 0 Å². The van der Waals surface area contributed by atoms with Crippen molar-refractivity contribution in [1.29, 1.82) is 0 Å². The maximum absolute atomic E-state index is 11.5. The molecule has 0 bridgehead atoms. The number of likely N-dealkylation sites (tertiary alicyclic amines) is 1. The van der Waals surface area contributed by atoms with Crippen molar-refractivity contribution in [3.63, 3.8) is 0 Å². The quantitative estimate of drug-likeness (QED) is 0.110. The molecule has 0 radical (unpaired) electrons. The second kappa shape index (κ2) is 16.0. The van der Waals surface area contributed by atoms with Gasteiger partial charge in [0, 0.05) is 58.3 Å². The van der Waals surface area contributed by atoms with Gasteiger partial charge in [-0.05, 0) is 0 Å². The molecule has 4 amide bonds. The van der Waals surface area contributed by atoms with E-state index in [1.807, 2.05) is 0 Å². The van der Waals surface area contributed by atoms with E-state index < -0.39 is 0 Å². The maximum atomic E-state index is 11.5. The van der Waals surface area contributed by atoms with Crippen LogP contribution in [0.4, 0.5) is 0 Å². The summed E-state index contributed by atoms with van der Waals surface area (Å²) in [5, 5.41) is 24.4. The van der Waals surface area contributed by atoms with Gasteiger partial charge in [0.1, 0.15) is 0 Å². The van der Waals surface area contributed by atoms with Gasteiger partial charge in [-0.25, -0.2) is 0 Å². The van der Waals surface area contributed by atoms with Crippen molar-refractivity contribution in [2.45, 2.75) is 11.7 Å². The van der Waals surface area contributed by atoms with Crippen molar-refractivity contribution in [1.82, 2.24) is 20.4 Å². The summed E-state index contributed by atoms with van der Waals surface area (Å²) in [4.78, 5) is 52.8. The molecule has 14 heteroatoms. The molecule has 32 heavy (non-hydrogen) atoms. The third-order valence-electron chi connectivity index (χ3n) is 4.00. The summed E-state index contributed by atoms with van der Waals surface area (Å²) in [7, 11) is 6.27. The number of hydrogen-bond acceptors (Lipinski definition) is 12. The molecule has 2 aliphatic heterocycles. The molecule has 0 saturated carbocycles. The van der Waals surface area contributed by atoms with E-state index in [9.17, 15) is 29.7 Å². The average Bonchev–Trinajstić information content (AvgIpc) is 3.22. The van der Waals surface area contributed by atoms with Crippen LogP contribution in [0.5, 0.6) is 0 Å². The highest BCUT2D eigenvalue weighted by Crippen LogP contribution is 2.25. The van der Waals surface area contributed by atoms with E-state index in [1.54, 1.807) is 14.1 Å². The van der Waals surface area contributed by atoms with Gasteiger partial charge >= 0.3 is 0 Å². The minimum absolute atomic E-state index is 0.169. The van der Waals surface area contributed by atoms with Crippen LogP contribution < -0.4 is 21.1 Å². The topological polar surface area (TPSA) is 163 Å². The van der Waals surface area contributed by atoms with Crippen molar-refractivity contribution in [3.8, 4) is 0 Å². The molecule has 0 aliphatic carbocycles. The van der Waals surface area contributed by atoms with Crippen molar-refractivity contribution in [2.75, 3.05) is 39.7 Å². The molecule has 180 valence electrons. The SMILES string of the molecule is CN/C(=C\O[O-])CS.CN/C(=C\O[O-])CSC1CC(=O)N(C)C1=O.CN1C(=O)C=CC1=O. The van der Waals surface area contributed by atoms with Crippen LogP contribution in [0.15, 0.2) is 36.1 Å². The van der Waals surface area contributed by atoms with E-state index in [0.717, 1.165) is 22.3 Å². The van der Waals surface area contributed by atoms with Crippen molar-refractivity contribution >= 4 is 48.0 Å². The molecule has 1 unspecified atom stereocenters. The number of thioether (sulfide) groups is 1. The Morgan fingerprint density at radius 2 is 1.56 bits per heavy atom. The van der Waals surface area contributed by atoms with E-state index in [4.69, 9.17) is 0 Å². The highest BCUT2D eigenvalue weighted by Gasteiger charge is 2.36. The number of rotatable bonds is 8. The Hall–Kier alpha value is -2.68. The zero-order valence-corrected chi connectivity index (χ0v) is 19.7. The van der Waals surface area contributed by atoms with Gasteiger partial charge in [-0.2, -0.15) is 12.6 Å². The van der Waals surface area contributed by atoms with Crippen molar-refractivity contribution < 1.29 is 39.5 Å². The lowest BCUT2D eigenvalue weighted by molar-refractivity contribution is -0.665. The fourth-order valence-electron chi connectivity index (χ4n) is 1.97. The summed E-state index contributed by atoms with van der Waals surface area (Å²) < 4.78 is 0. The summed E-state index contributed by atoms with van der Waals surface area (Å²) in [6.45, 7) is 0. The molecule has 1 fully saturated rings. The zero-order valence-electron chi connectivity index (χ0n) is 18.0. The van der Waals surface area contributed by atoms with E-state index >= 15 is 0 Å². The molecular weight excluding hydrogens is 464 g/mol. The largest absolute Gasteiger partial charge is 0.664 e. The number of hydrogen-bond donors (Lipinski definition) is 3. The Bertz CT molecular complexity index is 733. The minimum atomic E-state index is -0.360. The van der Waals surface area contributed by atoms with Crippen LogP contribution in [0.2, 0.25) is 0 Å².